The highest BCUT2D eigenvalue weighted by Crippen LogP contribution is 2.16. The lowest BCUT2D eigenvalue weighted by atomic mass is 10.2. The minimum Gasteiger partial charge on any atom is -0.359 e. The number of nitrogens with zero attached hydrogens (tertiary/aromatic N) is 2. The van der Waals surface area contributed by atoms with Crippen LogP contribution in [0.4, 0.5) is 0 Å². The molecule has 0 amide bonds. The van der Waals surface area contributed by atoms with E-state index in [-0.39, 0.29) is 0 Å². The van der Waals surface area contributed by atoms with Gasteiger partial charge in [-0.2, -0.15) is 0 Å². The van der Waals surface area contributed by atoms with E-state index in [1.807, 2.05) is 17.4 Å². The van der Waals surface area contributed by atoms with Gasteiger partial charge in [0.05, 0.1) is 5.69 Å². The molecule has 0 aromatic carbocycles. The molecule has 1 atom stereocenters. The van der Waals surface area contributed by atoms with Gasteiger partial charge in [0.25, 0.3) is 0 Å². The van der Waals surface area contributed by atoms with Gasteiger partial charge in [-0.1, -0.05) is 12.1 Å². The molecule has 0 radical (unpaired) electrons. The Bertz CT molecular complexity index is 632. The highest BCUT2D eigenvalue weighted by Gasteiger charge is 2.08. The summed E-state index contributed by atoms with van der Waals surface area (Å²) in [5, 5.41) is 10.7. The first-order chi connectivity index (χ1) is 11.1. The Labute approximate surface area is 142 Å². The first kappa shape index (κ1) is 17.5. The van der Waals surface area contributed by atoms with Gasteiger partial charge >= 0.3 is 0 Å². The highest BCUT2D eigenvalue weighted by atomic mass is 32.1. The van der Waals surface area contributed by atoms with E-state index in [0.717, 1.165) is 36.8 Å². The summed E-state index contributed by atoms with van der Waals surface area (Å²) in [6, 6.07) is 6.64. The number of hydrogen-bond donors (Lipinski definition) is 2. The maximum Gasteiger partial charge on any atom is 0.191 e. The Morgan fingerprint density at radius 2 is 2.22 bits per heavy atom. The topological polar surface area (TPSA) is 62.5 Å². The van der Waals surface area contributed by atoms with Crippen LogP contribution in [-0.2, 0) is 19.4 Å². The second kappa shape index (κ2) is 8.72. The van der Waals surface area contributed by atoms with Gasteiger partial charge in [-0.05, 0) is 39.3 Å². The zero-order valence-corrected chi connectivity index (χ0v) is 15.2. The monoisotopic (exact) mass is 334 g/mol. The molecular weight excluding hydrogens is 308 g/mol. The van der Waals surface area contributed by atoms with E-state index < -0.39 is 0 Å². The second-order valence-electron chi connectivity index (χ2n) is 5.60. The second-order valence-corrected chi connectivity index (χ2v) is 6.97. The van der Waals surface area contributed by atoms with E-state index in [1.54, 1.807) is 0 Å². The van der Waals surface area contributed by atoms with Crippen LogP contribution in [0, 0.1) is 6.92 Å². The van der Waals surface area contributed by atoms with Crippen molar-refractivity contribution in [3.63, 3.8) is 0 Å². The number of aryl methyl sites for hydroxylation is 2. The summed E-state index contributed by atoms with van der Waals surface area (Å²) < 4.78 is 5.28. The van der Waals surface area contributed by atoms with E-state index in [9.17, 15) is 0 Å². The maximum absolute atomic E-state index is 5.28. The molecule has 2 rings (SSSR count). The van der Waals surface area contributed by atoms with Crippen LogP contribution in [0.25, 0.3) is 0 Å². The molecule has 0 aliphatic heterocycles. The number of thiophene rings is 1. The van der Waals surface area contributed by atoms with Crippen molar-refractivity contribution >= 4 is 17.3 Å². The Morgan fingerprint density at radius 3 is 2.83 bits per heavy atom. The SMILES string of the molecule is CCNC(=NCc1cc(CC)no1)NC(C)Cc1ccc(C)s1. The van der Waals surface area contributed by atoms with E-state index in [1.165, 1.54) is 9.75 Å². The van der Waals surface area contributed by atoms with Crippen molar-refractivity contribution in [1.29, 1.82) is 0 Å². The molecule has 0 spiro atoms. The van der Waals surface area contributed by atoms with E-state index in [0.29, 0.717) is 12.6 Å². The van der Waals surface area contributed by atoms with Crippen LogP contribution < -0.4 is 10.6 Å². The van der Waals surface area contributed by atoms with Crippen LogP contribution in [0.5, 0.6) is 0 Å². The van der Waals surface area contributed by atoms with Crippen molar-refractivity contribution in [1.82, 2.24) is 15.8 Å². The molecule has 0 saturated heterocycles. The number of hydrogen-bond acceptors (Lipinski definition) is 4. The number of nitrogens with one attached hydrogen (secondary N) is 2. The molecule has 0 bridgehead atoms. The first-order valence-corrected chi connectivity index (χ1v) is 8.97. The predicted molar refractivity (Wildman–Crippen MR) is 96.1 cm³/mol. The summed E-state index contributed by atoms with van der Waals surface area (Å²) in [5.41, 5.74) is 0.967. The molecule has 1 unspecified atom stereocenters. The van der Waals surface area contributed by atoms with Crippen LogP contribution >= 0.6 is 11.3 Å². The molecule has 0 aliphatic rings. The summed E-state index contributed by atoms with van der Waals surface area (Å²) in [7, 11) is 0. The van der Waals surface area contributed by atoms with Gasteiger partial charge in [0.1, 0.15) is 6.54 Å². The molecule has 0 fully saturated rings. The first-order valence-electron chi connectivity index (χ1n) is 8.15. The summed E-state index contributed by atoms with van der Waals surface area (Å²) in [4.78, 5) is 7.32. The molecule has 0 aliphatic carbocycles. The summed E-state index contributed by atoms with van der Waals surface area (Å²) in [6.45, 7) is 9.75. The van der Waals surface area contributed by atoms with Crippen molar-refractivity contribution in [2.75, 3.05) is 6.54 Å². The fraction of sp³-hybridized carbons (Fsp3) is 0.529. The molecule has 2 heterocycles. The Kier molecular flexibility index (Phi) is 6.65. The summed E-state index contributed by atoms with van der Waals surface area (Å²) in [5.74, 6) is 1.60. The third-order valence-corrected chi connectivity index (χ3v) is 4.42. The smallest absolute Gasteiger partial charge is 0.191 e. The molecule has 23 heavy (non-hydrogen) atoms. The van der Waals surface area contributed by atoms with Gasteiger partial charge in [-0.3, -0.25) is 0 Å². The van der Waals surface area contributed by atoms with Gasteiger partial charge < -0.3 is 15.2 Å². The van der Waals surface area contributed by atoms with Gasteiger partial charge in [0.15, 0.2) is 11.7 Å². The van der Waals surface area contributed by atoms with Gasteiger partial charge in [-0.15, -0.1) is 11.3 Å². The zero-order chi connectivity index (χ0) is 16.7. The summed E-state index contributed by atoms with van der Waals surface area (Å²) >= 11 is 1.85. The molecule has 6 heteroatoms. The molecule has 5 nitrogen and oxygen atoms in total. The van der Waals surface area contributed by atoms with Crippen LogP contribution in [0.1, 0.15) is 42.0 Å². The average molecular weight is 334 g/mol. The van der Waals surface area contributed by atoms with Crippen LogP contribution in [0.15, 0.2) is 27.7 Å². The van der Waals surface area contributed by atoms with E-state index in [4.69, 9.17) is 4.52 Å². The number of aromatic nitrogens is 1. The summed E-state index contributed by atoms with van der Waals surface area (Å²) in [6.07, 6.45) is 1.87. The van der Waals surface area contributed by atoms with Crippen molar-refractivity contribution < 1.29 is 4.52 Å². The normalized spacial score (nSPS) is 13.1. The fourth-order valence-corrected chi connectivity index (χ4v) is 3.27. The van der Waals surface area contributed by atoms with E-state index in [2.05, 4.69) is 60.6 Å². The molecule has 2 aromatic rings. The third-order valence-electron chi connectivity index (χ3n) is 3.39. The van der Waals surface area contributed by atoms with Crippen molar-refractivity contribution in [2.24, 2.45) is 4.99 Å². The Morgan fingerprint density at radius 1 is 1.39 bits per heavy atom. The quantitative estimate of drug-likeness (QED) is 0.602. The lowest BCUT2D eigenvalue weighted by molar-refractivity contribution is 0.379. The number of rotatable bonds is 7. The number of aliphatic imine (C=N–C) groups is 1. The average Bonchev–Trinajstić information content (AvgIpc) is 3.14. The molecule has 2 N–H and O–H groups in total. The molecule has 0 saturated carbocycles. The zero-order valence-electron chi connectivity index (χ0n) is 14.3. The van der Waals surface area contributed by atoms with Crippen molar-refractivity contribution in [2.45, 2.75) is 53.1 Å². The molecule has 2 aromatic heterocycles. The van der Waals surface area contributed by atoms with Gasteiger partial charge in [0.2, 0.25) is 0 Å². The Hall–Kier alpha value is -1.82. The standard InChI is InChI=1S/C17H26N4OS/c1-5-14-10-15(22-21-14)11-19-17(18-6-2)20-12(3)9-16-8-7-13(4)23-16/h7-8,10,12H,5-6,9,11H2,1-4H3,(H2,18,19,20). The lowest BCUT2D eigenvalue weighted by Crippen LogP contribution is -2.43. The molecule has 126 valence electrons. The maximum atomic E-state index is 5.28. The largest absolute Gasteiger partial charge is 0.359 e. The van der Waals surface area contributed by atoms with Crippen LogP contribution in [-0.4, -0.2) is 23.7 Å². The van der Waals surface area contributed by atoms with Crippen LogP contribution in [0.3, 0.4) is 0 Å². The van der Waals surface area contributed by atoms with Crippen LogP contribution in [0.2, 0.25) is 0 Å². The minimum absolute atomic E-state index is 0.312. The van der Waals surface area contributed by atoms with Gasteiger partial charge in [0, 0.05) is 34.8 Å². The van der Waals surface area contributed by atoms with Gasteiger partial charge in [-0.25, -0.2) is 4.99 Å². The highest BCUT2D eigenvalue weighted by molar-refractivity contribution is 7.11. The van der Waals surface area contributed by atoms with E-state index >= 15 is 0 Å². The predicted octanol–water partition coefficient (Wildman–Crippen LogP) is 3.29. The fourth-order valence-electron chi connectivity index (χ4n) is 2.25. The minimum atomic E-state index is 0.312. The third kappa shape index (κ3) is 5.71. The van der Waals surface area contributed by atoms with Crippen molar-refractivity contribution in [3.05, 3.63) is 39.4 Å². The Balaban J connectivity index is 1.92. The van der Waals surface area contributed by atoms with Crippen molar-refractivity contribution in [3.8, 4) is 0 Å². The molecular formula is C17H26N4OS. The lowest BCUT2D eigenvalue weighted by Gasteiger charge is -2.17. The number of guanidine groups is 1.